The molecule has 0 heterocycles. The molecule has 3 N–H and O–H groups in total. The van der Waals surface area contributed by atoms with Crippen molar-refractivity contribution in [1.82, 2.24) is 5.32 Å². The van der Waals surface area contributed by atoms with Crippen LogP contribution in [-0.2, 0) is 4.79 Å². The lowest BCUT2D eigenvalue weighted by Crippen LogP contribution is -2.33. The predicted octanol–water partition coefficient (Wildman–Crippen LogP) is 8.33. The van der Waals surface area contributed by atoms with E-state index in [9.17, 15) is 22.8 Å². The van der Waals surface area contributed by atoms with Gasteiger partial charge >= 0.3 is 18.4 Å². The molecule has 0 radical (unpaired) electrons. The summed E-state index contributed by atoms with van der Waals surface area (Å²) in [5.74, 6) is -1.24. The van der Waals surface area contributed by atoms with Gasteiger partial charge in [0, 0.05) is 12.1 Å². The van der Waals surface area contributed by atoms with Crippen LogP contribution in [0.1, 0.15) is 66.8 Å². The fourth-order valence-electron chi connectivity index (χ4n) is 4.61. The molecule has 0 saturated heterocycles. The van der Waals surface area contributed by atoms with Gasteiger partial charge in [0.1, 0.15) is 5.75 Å². The number of carboxylic acids is 1. The summed E-state index contributed by atoms with van der Waals surface area (Å²) < 4.78 is 41.2. The molecule has 1 unspecified atom stereocenters. The van der Waals surface area contributed by atoms with Crippen LogP contribution in [0.4, 0.5) is 23.7 Å². The molecule has 3 aromatic rings. The number of aliphatic carboxylic acids is 1. The van der Waals surface area contributed by atoms with Gasteiger partial charge in [-0.05, 0) is 84.2 Å². The first kappa shape index (κ1) is 29.5. The zero-order valence-corrected chi connectivity index (χ0v) is 22.3. The average Bonchev–Trinajstić information content (AvgIpc) is 2.95. The molecule has 0 spiro atoms. The van der Waals surface area contributed by atoms with Crippen molar-refractivity contribution in [2.24, 2.45) is 0 Å². The van der Waals surface area contributed by atoms with Crippen molar-refractivity contribution in [2.45, 2.75) is 50.9 Å². The summed E-state index contributed by atoms with van der Waals surface area (Å²) in [7, 11) is 0. The fraction of sp³-hybridized carbons (Fsp3) is 0.250. The second-order valence-corrected chi connectivity index (χ2v) is 9.70. The minimum absolute atomic E-state index is 0.0562. The standard InChI is InChI=1S/C32H31F3N2O4/c33-32(34,35)41-28-20-18-27(19-21-28)36-31(40)37-30(25-12-10-22(11-13-25)6-4-5-9-29(38)39)26-16-14-24(15-17-26)23-7-2-1-3-8-23/h4,6-7,10-21,30H,1-3,5,8-9H2,(H,38,39)(H2,36,37,40). The molecule has 9 heteroatoms. The molecular formula is C32H31F3N2O4. The Kier molecular flexibility index (Phi) is 9.84. The molecule has 0 aliphatic heterocycles. The van der Waals surface area contributed by atoms with Gasteiger partial charge in [0.25, 0.3) is 0 Å². The van der Waals surface area contributed by atoms with Crippen LogP contribution in [0.5, 0.6) is 5.75 Å². The highest BCUT2D eigenvalue weighted by molar-refractivity contribution is 5.90. The number of hydrogen-bond acceptors (Lipinski definition) is 3. The molecule has 6 nitrogen and oxygen atoms in total. The lowest BCUT2D eigenvalue weighted by atomic mass is 9.91. The minimum atomic E-state index is -4.80. The summed E-state index contributed by atoms with van der Waals surface area (Å²) in [6.07, 6.45) is 6.08. The first-order valence-corrected chi connectivity index (χ1v) is 13.4. The van der Waals surface area contributed by atoms with E-state index >= 15 is 0 Å². The highest BCUT2D eigenvalue weighted by Gasteiger charge is 2.31. The van der Waals surface area contributed by atoms with Crippen molar-refractivity contribution < 1.29 is 32.6 Å². The van der Waals surface area contributed by atoms with Crippen molar-refractivity contribution in [1.29, 1.82) is 0 Å². The Morgan fingerprint density at radius 1 is 0.927 bits per heavy atom. The van der Waals surface area contributed by atoms with Gasteiger partial charge in [0.05, 0.1) is 6.04 Å². The number of benzene rings is 3. The number of halogens is 3. The number of carbonyl (C=O) groups is 2. The molecule has 3 aromatic carbocycles. The van der Waals surface area contributed by atoms with Crippen molar-refractivity contribution in [3.8, 4) is 5.75 Å². The zero-order chi connectivity index (χ0) is 29.2. The van der Waals surface area contributed by atoms with Gasteiger partial charge in [-0.3, -0.25) is 4.79 Å². The van der Waals surface area contributed by atoms with Crippen LogP contribution in [0.3, 0.4) is 0 Å². The summed E-state index contributed by atoms with van der Waals surface area (Å²) in [5.41, 5.74) is 5.35. The van der Waals surface area contributed by atoms with Crippen LogP contribution >= 0.6 is 0 Å². The number of anilines is 1. The number of carboxylic acid groups (broad SMARTS) is 1. The molecule has 1 atom stereocenters. The molecule has 0 bridgehead atoms. The fourth-order valence-corrected chi connectivity index (χ4v) is 4.61. The number of carbonyl (C=O) groups excluding carboxylic acids is 1. The van der Waals surface area contributed by atoms with Gasteiger partial charge in [0.2, 0.25) is 0 Å². The SMILES string of the molecule is O=C(O)CCC=Cc1ccc(C(NC(=O)Nc2ccc(OC(F)(F)F)cc2)c2ccc(C3=CCCCC3)cc2)cc1. The Labute approximate surface area is 236 Å². The average molecular weight is 565 g/mol. The molecule has 4 rings (SSSR count). The number of alkyl halides is 3. The molecule has 1 aliphatic carbocycles. The number of hydrogen-bond donors (Lipinski definition) is 3. The number of allylic oxidation sites excluding steroid dienone is 3. The highest BCUT2D eigenvalue weighted by atomic mass is 19.4. The largest absolute Gasteiger partial charge is 0.573 e. The van der Waals surface area contributed by atoms with Crippen LogP contribution in [0.15, 0.2) is 84.9 Å². The van der Waals surface area contributed by atoms with Gasteiger partial charge in [-0.1, -0.05) is 66.8 Å². The molecular weight excluding hydrogens is 533 g/mol. The molecule has 0 aromatic heterocycles. The van der Waals surface area contributed by atoms with E-state index in [4.69, 9.17) is 5.11 Å². The summed E-state index contributed by atoms with van der Waals surface area (Å²) in [4.78, 5) is 23.7. The van der Waals surface area contributed by atoms with Crippen molar-refractivity contribution in [2.75, 3.05) is 5.32 Å². The highest BCUT2D eigenvalue weighted by Crippen LogP contribution is 2.30. The summed E-state index contributed by atoms with van der Waals surface area (Å²) in [6.45, 7) is 0. The third-order valence-corrected chi connectivity index (χ3v) is 6.63. The lowest BCUT2D eigenvalue weighted by molar-refractivity contribution is -0.274. The number of ether oxygens (including phenoxy) is 1. The van der Waals surface area contributed by atoms with Crippen molar-refractivity contribution >= 4 is 29.3 Å². The van der Waals surface area contributed by atoms with Crippen LogP contribution < -0.4 is 15.4 Å². The van der Waals surface area contributed by atoms with Crippen LogP contribution in [0.25, 0.3) is 11.6 Å². The van der Waals surface area contributed by atoms with E-state index in [0.717, 1.165) is 47.2 Å². The first-order valence-electron chi connectivity index (χ1n) is 13.4. The quantitative estimate of drug-likeness (QED) is 0.231. The van der Waals surface area contributed by atoms with Crippen LogP contribution in [0, 0.1) is 0 Å². The van der Waals surface area contributed by atoms with E-state index in [-0.39, 0.29) is 12.2 Å². The first-order chi connectivity index (χ1) is 19.7. The maximum atomic E-state index is 13.0. The third kappa shape index (κ3) is 9.27. The van der Waals surface area contributed by atoms with Gasteiger partial charge in [0.15, 0.2) is 0 Å². The summed E-state index contributed by atoms with van der Waals surface area (Å²) in [6, 6.07) is 19.5. The Balaban J connectivity index is 1.51. The Morgan fingerprint density at radius 3 is 2.17 bits per heavy atom. The Bertz CT molecular complexity index is 1380. The topological polar surface area (TPSA) is 87.7 Å². The van der Waals surface area contributed by atoms with E-state index < -0.39 is 24.4 Å². The van der Waals surface area contributed by atoms with E-state index in [0.29, 0.717) is 12.1 Å². The zero-order valence-electron chi connectivity index (χ0n) is 22.3. The van der Waals surface area contributed by atoms with Crippen LogP contribution in [-0.4, -0.2) is 23.5 Å². The molecule has 2 amide bonds. The molecule has 41 heavy (non-hydrogen) atoms. The van der Waals surface area contributed by atoms with Gasteiger partial charge in [-0.15, -0.1) is 13.2 Å². The maximum Gasteiger partial charge on any atom is 0.573 e. The second-order valence-electron chi connectivity index (χ2n) is 9.70. The van der Waals surface area contributed by atoms with E-state index in [1.54, 1.807) is 6.08 Å². The summed E-state index contributed by atoms with van der Waals surface area (Å²) >= 11 is 0. The molecule has 1 aliphatic rings. The number of nitrogens with one attached hydrogen (secondary N) is 2. The lowest BCUT2D eigenvalue weighted by Gasteiger charge is -2.21. The maximum absolute atomic E-state index is 13.0. The Hall–Kier alpha value is -4.53. The van der Waals surface area contributed by atoms with E-state index in [1.807, 2.05) is 42.5 Å². The van der Waals surface area contributed by atoms with Gasteiger partial charge in [-0.25, -0.2) is 4.79 Å². The van der Waals surface area contributed by atoms with E-state index in [1.165, 1.54) is 30.5 Å². The smallest absolute Gasteiger partial charge is 0.481 e. The molecule has 214 valence electrons. The van der Waals surface area contributed by atoms with Crippen molar-refractivity contribution in [3.05, 3.63) is 107 Å². The Morgan fingerprint density at radius 2 is 1.59 bits per heavy atom. The van der Waals surface area contributed by atoms with Gasteiger partial charge in [-0.2, -0.15) is 0 Å². The molecule has 0 saturated carbocycles. The predicted molar refractivity (Wildman–Crippen MR) is 152 cm³/mol. The number of amides is 2. The number of rotatable bonds is 10. The van der Waals surface area contributed by atoms with Gasteiger partial charge < -0.3 is 20.5 Å². The second kappa shape index (κ2) is 13.7. The number of urea groups is 1. The molecule has 0 fully saturated rings. The normalized spacial score (nSPS) is 14.3. The summed E-state index contributed by atoms with van der Waals surface area (Å²) in [5, 5.41) is 14.4. The third-order valence-electron chi connectivity index (χ3n) is 6.63. The monoisotopic (exact) mass is 564 g/mol. The van der Waals surface area contributed by atoms with E-state index in [2.05, 4.69) is 33.6 Å². The minimum Gasteiger partial charge on any atom is -0.481 e. The van der Waals surface area contributed by atoms with Crippen LogP contribution in [0.2, 0.25) is 0 Å². The van der Waals surface area contributed by atoms with Crippen molar-refractivity contribution in [3.63, 3.8) is 0 Å².